The molecule has 5 nitrogen and oxygen atoms in total. The third-order valence-corrected chi connectivity index (χ3v) is 6.82. The Balaban J connectivity index is 1.40. The van der Waals surface area contributed by atoms with E-state index in [9.17, 15) is 4.79 Å². The van der Waals surface area contributed by atoms with Crippen LogP contribution in [0.25, 0.3) is 10.8 Å². The highest BCUT2D eigenvalue weighted by atomic mass is 16.5. The number of aryl methyl sites for hydroxylation is 1. The van der Waals surface area contributed by atoms with E-state index in [4.69, 9.17) is 4.74 Å². The fraction of sp³-hybridized carbons (Fsp3) is 0.370. The Morgan fingerprint density at radius 1 is 1.03 bits per heavy atom. The van der Waals surface area contributed by atoms with Crippen LogP contribution in [0.15, 0.2) is 60.7 Å². The van der Waals surface area contributed by atoms with Gasteiger partial charge in [-0.2, -0.15) is 0 Å². The molecule has 2 aliphatic rings. The Morgan fingerprint density at radius 3 is 2.72 bits per heavy atom. The number of rotatable bonds is 5. The summed E-state index contributed by atoms with van der Waals surface area (Å²) in [6, 6.07) is 21.0. The van der Waals surface area contributed by atoms with Crippen molar-refractivity contribution in [3.8, 4) is 0 Å². The smallest absolute Gasteiger partial charge is 0.251 e. The molecule has 0 saturated carbocycles. The highest BCUT2D eigenvalue weighted by Crippen LogP contribution is 2.31. The van der Waals surface area contributed by atoms with Crippen molar-refractivity contribution in [2.45, 2.75) is 18.9 Å². The molecule has 5 heteroatoms. The molecule has 1 saturated heterocycles. The van der Waals surface area contributed by atoms with Gasteiger partial charge in [0.05, 0.1) is 19.3 Å². The Bertz CT molecular complexity index is 1100. The van der Waals surface area contributed by atoms with Crippen LogP contribution < -0.4 is 10.2 Å². The van der Waals surface area contributed by atoms with Crippen LogP contribution in [-0.4, -0.2) is 57.2 Å². The average molecular weight is 430 g/mol. The molecule has 3 aromatic carbocycles. The zero-order chi connectivity index (χ0) is 21.9. The number of amides is 1. The number of anilines is 1. The van der Waals surface area contributed by atoms with Crippen molar-refractivity contribution < 1.29 is 9.53 Å². The molecule has 166 valence electrons. The molecular formula is C27H31N3O2. The highest BCUT2D eigenvalue weighted by Gasteiger charge is 2.25. The molecule has 0 aromatic heterocycles. The molecule has 0 bridgehead atoms. The van der Waals surface area contributed by atoms with Crippen LogP contribution in [0.1, 0.15) is 33.9 Å². The lowest BCUT2D eigenvalue weighted by Gasteiger charge is -2.36. The highest BCUT2D eigenvalue weighted by molar-refractivity contribution is 6.07. The van der Waals surface area contributed by atoms with Gasteiger partial charge < -0.3 is 15.0 Å². The van der Waals surface area contributed by atoms with Crippen molar-refractivity contribution in [3.05, 3.63) is 77.4 Å². The summed E-state index contributed by atoms with van der Waals surface area (Å²) in [6.45, 7) is 4.93. The zero-order valence-electron chi connectivity index (χ0n) is 18.7. The van der Waals surface area contributed by atoms with Crippen LogP contribution >= 0.6 is 0 Å². The fourth-order valence-electron chi connectivity index (χ4n) is 5.07. The van der Waals surface area contributed by atoms with Gasteiger partial charge in [-0.1, -0.05) is 48.5 Å². The predicted octanol–water partition coefficient (Wildman–Crippen LogP) is 4.03. The lowest BCUT2D eigenvalue weighted by Crippen LogP contribution is -2.44. The second kappa shape index (κ2) is 9.31. The maximum absolute atomic E-state index is 13.2. The summed E-state index contributed by atoms with van der Waals surface area (Å²) < 4.78 is 5.60. The van der Waals surface area contributed by atoms with Gasteiger partial charge in [0, 0.05) is 44.5 Å². The van der Waals surface area contributed by atoms with E-state index in [1.54, 1.807) is 0 Å². The van der Waals surface area contributed by atoms with Gasteiger partial charge >= 0.3 is 0 Å². The Morgan fingerprint density at radius 2 is 1.84 bits per heavy atom. The Kier molecular flexibility index (Phi) is 6.10. The molecule has 0 aliphatic carbocycles. The molecule has 0 spiro atoms. The van der Waals surface area contributed by atoms with E-state index in [0.717, 1.165) is 55.6 Å². The number of ether oxygens (including phenoxy) is 1. The summed E-state index contributed by atoms with van der Waals surface area (Å²) in [5.74, 6) is -0.0160. The van der Waals surface area contributed by atoms with E-state index in [-0.39, 0.29) is 11.9 Å². The lowest BCUT2D eigenvalue weighted by atomic mass is 9.95. The van der Waals surface area contributed by atoms with Gasteiger partial charge in [-0.15, -0.1) is 0 Å². The first-order chi connectivity index (χ1) is 15.7. The minimum atomic E-state index is -0.0160. The molecular weight excluding hydrogens is 398 g/mol. The van der Waals surface area contributed by atoms with Gasteiger partial charge in [-0.3, -0.25) is 9.69 Å². The van der Waals surface area contributed by atoms with Crippen LogP contribution in [0.3, 0.4) is 0 Å². The first-order valence-electron chi connectivity index (χ1n) is 11.6. The maximum Gasteiger partial charge on any atom is 0.251 e. The first-order valence-corrected chi connectivity index (χ1v) is 11.6. The van der Waals surface area contributed by atoms with Gasteiger partial charge in [0.25, 0.3) is 5.91 Å². The predicted molar refractivity (Wildman–Crippen MR) is 129 cm³/mol. The van der Waals surface area contributed by atoms with Crippen LogP contribution in [0.5, 0.6) is 0 Å². The molecule has 1 atom stereocenters. The van der Waals surface area contributed by atoms with Crippen LogP contribution in [0.4, 0.5) is 5.69 Å². The molecule has 0 radical (unpaired) electrons. The average Bonchev–Trinajstić information content (AvgIpc) is 2.84. The van der Waals surface area contributed by atoms with Gasteiger partial charge in [0.15, 0.2) is 0 Å². The molecule has 2 heterocycles. The largest absolute Gasteiger partial charge is 0.379 e. The minimum absolute atomic E-state index is 0.0160. The van der Waals surface area contributed by atoms with Crippen LogP contribution in [-0.2, 0) is 11.2 Å². The SMILES string of the molecule is CN1CCCc2cc(C(CNC(=O)c3cccc4ccccc34)N3CCOCC3)ccc21. The van der Waals surface area contributed by atoms with E-state index in [0.29, 0.717) is 6.54 Å². The van der Waals surface area contributed by atoms with Gasteiger partial charge in [0.1, 0.15) is 0 Å². The first kappa shape index (κ1) is 21.0. The topological polar surface area (TPSA) is 44.8 Å². The number of nitrogens with one attached hydrogen (secondary N) is 1. The minimum Gasteiger partial charge on any atom is -0.379 e. The van der Waals surface area contributed by atoms with E-state index in [1.807, 2.05) is 42.5 Å². The standard InChI is InChI=1S/C27H31N3O2/c1-29-13-5-8-21-18-22(11-12-25(21)29)26(30-14-16-32-17-15-30)19-28-27(31)24-10-4-7-20-6-2-3-9-23(20)24/h2-4,6-7,9-12,18,26H,5,8,13-17,19H2,1H3,(H,28,31). The second-order valence-electron chi connectivity index (χ2n) is 8.81. The number of carbonyl (C=O) groups is 1. The van der Waals surface area contributed by atoms with E-state index in [2.05, 4.69) is 40.4 Å². The summed E-state index contributed by atoms with van der Waals surface area (Å²) in [6.07, 6.45) is 2.30. The molecule has 1 amide bonds. The quantitative estimate of drug-likeness (QED) is 0.665. The summed E-state index contributed by atoms with van der Waals surface area (Å²) in [4.78, 5) is 18.0. The summed E-state index contributed by atoms with van der Waals surface area (Å²) >= 11 is 0. The third kappa shape index (κ3) is 4.23. The van der Waals surface area contributed by atoms with Gasteiger partial charge in [-0.25, -0.2) is 0 Å². The summed E-state index contributed by atoms with van der Waals surface area (Å²) in [7, 11) is 2.17. The summed E-state index contributed by atoms with van der Waals surface area (Å²) in [5, 5.41) is 5.32. The molecule has 2 aliphatic heterocycles. The molecule has 1 N–H and O–H groups in total. The van der Waals surface area contributed by atoms with Gasteiger partial charge in [-0.05, 0) is 46.9 Å². The van der Waals surface area contributed by atoms with Crippen molar-refractivity contribution in [2.24, 2.45) is 0 Å². The van der Waals surface area contributed by atoms with Crippen molar-refractivity contribution in [1.29, 1.82) is 0 Å². The Labute approximate surface area is 190 Å². The Hall–Kier alpha value is -2.89. The van der Waals surface area contributed by atoms with Crippen molar-refractivity contribution >= 4 is 22.4 Å². The normalized spacial score (nSPS) is 17.7. The molecule has 1 unspecified atom stereocenters. The molecule has 1 fully saturated rings. The van der Waals surface area contributed by atoms with Crippen LogP contribution in [0.2, 0.25) is 0 Å². The van der Waals surface area contributed by atoms with Crippen molar-refractivity contribution in [3.63, 3.8) is 0 Å². The number of morpholine rings is 1. The summed E-state index contributed by atoms with van der Waals surface area (Å²) in [5.41, 5.74) is 4.76. The monoisotopic (exact) mass is 429 g/mol. The zero-order valence-corrected chi connectivity index (χ0v) is 18.7. The van der Waals surface area contributed by atoms with Crippen molar-refractivity contribution in [1.82, 2.24) is 10.2 Å². The van der Waals surface area contributed by atoms with E-state index in [1.165, 1.54) is 23.2 Å². The number of carbonyl (C=O) groups excluding carboxylic acids is 1. The second-order valence-corrected chi connectivity index (χ2v) is 8.81. The number of fused-ring (bicyclic) bond motifs is 2. The number of hydrogen-bond donors (Lipinski definition) is 1. The molecule has 32 heavy (non-hydrogen) atoms. The van der Waals surface area contributed by atoms with E-state index < -0.39 is 0 Å². The number of nitrogens with zero attached hydrogens (tertiary/aromatic N) is 2. The maximum atomic E-state index is 13.2. The fourth-order valence-corrected chi connectivity index (χ4v) is 5.07. The van der Waals surface area contributed by atoms with Crippen molar-refractivity contribution in [2.75, 3.05) is 51.3 Å². The third-order valence-electron chi connectivity index (χ3n) is 6.82. The van der Waals surface area contributed by atoms with Gasteiger partial charge in [0.2, 0.25) is 0 Å². The number of benzene rings is 3. The van der Waals surface area contributed by atoms with Crippen LogP contribution in [0, 0.1) is 0 Å². The molecule has 5 rings (SSSR count). The number of hydrogen-bond acceptors (Lipinski definition) is 4. The van der Waals surface area contributed by atoms with E-state index >= 15 is 0 Å². The molecule has 3 aromatic rings. The lowest BCUT2D eigenvalue weighted by molar-refractivity contribution is 0.0162.